The maximum Gasteiger partial charge on any atom is 0.191 e. The number of nitrogens with one attached hydrogen (secondary N) is 2. The standard InChI is InChI=1S/C15H28N4O/c1-6-12(3)18-15(16-7-2)17-11-13(19(4)5)14-9-8-10-20-14/h8-10,12-13H,6-7,11H2,1-5H3,(H2,16,17,18). The summed E-state index contributed by atoms with van der Waals surface area (Å²) in [6, 6.07) is 4.47. The highest BCUT2D eigenvalue weighted by Crippen LogP contribution is 2.18. The smallest absolute Gasteiger partial charge is 0.191 e. The van der Waals surface area contributed by atoms with Gasteiger partial charge in [-0.2, -0.15) is 0 Å². The van der Waals surface area contributed by atoms with E-state index in [1.54, 1.807) is 6.26 Å². The molecule has 2 atom stereocenters. The molecule has 2 N–H and O–H groups in total. The van der Waals surface area contributed by atoms with Crippen molar-refractivity contribution in [2.45, 2.75) is 39.3 Å². The van der Waals surface area contributed by atoms with E-state index in [-0.39, 0.29) is 6.04 Å². The van der Waals surface area contributed by atoms with Gasteiger partial charge in [0.1, 0.15) is 5.76 Å². The molecular formula is C15H28N4O. The van der Waals surface area contributed by atoms with Crippen molar-refractivity contribution in [3.05, 3.63) is 24.2 Å². The summed E-state index contributed by atoms with van der Waals surface area (Å²) in [5.41, 5.74) is 0. The van der Waals surface area contributed by atoms with E-state index in [0.29, 0.717) is 12.6 Å². The van der Waals surface area contributed by atoms with Crippen molar-refractivity contribution in [2.75, 3.05) is 27.2 Å². The van der Waals surface area contributed by atoms with Gasteiger partial charge in [-0.05, 0) is 46.5 Å². The first kappa shape index (κ1) is 16.6. The Morgan fingerprint density at radius 2 is 2.15 bits per heavy atom. The van der Waals surface area contributed by atoms with E-state index >= 15 is 0 Å². The molecule has 1 heterocycles. The molecule has 0 saturated carbocycles. The molecule has 0 aromatic carbocycles. The van der Waals surface area contributed by atoms with Crippen LogP contribution in [0.3, 0.4) is 0 Å². The zero-order valence-electron chi connectivity index (χ0n) is 13.3. The Kier molecular flexibility index (Phi) is 7.15. The quantitative estimate of drug-likeness (QED) is 0.594. The van der Waals surface area contributed by atoms with Crippen LogP contribution in [0.1, 0.15) is 39.0 Å². The van der Waals surface area contributed by atoms with E-state index in [2.05, 4.69) is 41.3 Å². The third-order valence-corrected chi connectivity index (χ3v) is 3.26. The van der Waals surface area contributed by atoms with E-state index in [9.17, 15) is 0 Å². The summed E-state index contributed by atoms with van der Waals surface area (Å²) in [5.74, 6) is 1.80. The second-order valence-electron chi connectivity index (χ2n) is 5.17. The van der Waals surface area contributed by atoms with Crippen LogP contribution in [0, 0.1) is 0 Å². The number of hydrogen-bond acceptors (Lipinski definition) is 3. The normalized spacial score (nSPS) is 15.2. The van der Waals surface area contributed by atoms with E-state index in [4.69, 9.17) is 4.42 Å². The van der Waals surface area contributed by atoms with Crippen molar-refractivity contribution in [3.8, 4) is 0 Å². The van der Waals surface area contributed by atoms with Crippen LogP contribution >= 0.6 is 0 Å². The van der Waals surface area contributed by atoms with Gasteiger partial charge in [-0.3, -0.25) is 9.89 Å². The van der Waals surface area contributed by atoms with Crippen molar-refractivity contribution in [1.82, 2.24) is 15.5 Å². The minimum Gasteiger partial charge on any atom is -0.468 e. The van der Waals surface area contributed by atoms with Crippen LogP contribution in [-0.4, -0.2) is 44.1 Å². The Bertz CT molecular complexity index is 387. The molecule has 1 aromatic rings. The van der Waals surface area contributed by atoms with Gasteiger partial charge in [-0.1, -0.05) is 6.92 Å². The molecule has 0 spiro atoms. The van der Waals surface area contributed by atoms with E-state index in [1.165, 1.54) is 0 Å². The summed E-state index contributed by atoms with van der Waals surface area (Å²) in [6.07, 6.45) is 2.78. The van der Waals surface area contributed by atoms with Crippen LogP contribution in [-0.2, 0) is 0 Å². The zero-order chi connectivity index (χ0) is 15.0. The molecule has 0 fully saturated rings. The highest BCUT2D eigenvalue weighted by molar-refractivity contribution is 5.80. The van der Waals surface area contributed by atoms with E-state index < -0.39 is 0 Å². The fourth-order valence-electron chi connectivity index (χ4n) is 1.82. The third kappa shape index (κ3) is 5.25. The summed E-state index contributed by atoms with van der Waals surface area (Å²) >= 11 is 0. The maximum absolute atomic E-state index is 5.50. The molecule has 0 saturated heterocycles. The molecule has 20 heavy (non-hydrogen) atoms. The number of nitrogens with zero attached hydrogens (tertiary/aromatic N) is 2. The van der Waals surface area contributed by atoms with Crippen LogP contribution in [0.25, 0.3) is 0 Å². The summed E-state index contributed by atoms with van der Waals surface area (Å²) in [5, 5.41) is 6.67. The fourth-order valence-corrected chi connectivity index (χ4v) is 1.82. The summed E-state index contributed by atoms with van der Waals surface area (Å²) < 4.78 is 5.50. The summed E-state index contributed by atoms with van der Waals surface area (Å²) in [4.78, 5) is 6.79. The summed E-state index contributed by atoms with van der Waals surface area (Å²) in [6.45, 7) is 7.90. The van der Waals surface area contributed by atoms with Gasteiger partial charge in [0.05, 0.1) is 18.8 Å². The fraction of sp³-hybridized carbons (Fsp3) is 0.667. The van der Waals surface area contributed by atoms with Gasteiger partial charge in [0, 0.05) is 12.6 Å². The van der Waals surface area contributed by atoms with Crippen molar-refractivity contribution < 1.29 is 4.42 Å². The topological polar surface area (TPSA) is 52.8 Å². The highest BCUT2D eigenvalue weighted by Gasteiger charge is 2.16. The zero-order valence-corrected chi connectivity index (χ0v) is 13.3. The van der Waals surface area contributed by atoms with Gasteiger partial charge in [0.2, 0.25) is 0 Å². The Balaban J connectivity index is 2.72. The second-order valence-corrected chi connectivity index (χ2v) is 5.17. The number of aliphatic imine (C=N–C) groups is 1. The molecule has 0 aliphatic rings. The minimum atomic E-state index is 0.150. The monoisotopic (exact) mass is 280 g/mol. The average molecular weight is 280 g/mol. The van der Waals surface area contributed by atoms with Crippen LogP contribution in [0.15, 0.2) is 27.8 Å². The maximum atomic E-state index is 5.50. The van der Waals surface area contributed by atoms with E-state index in [1.807, 2.05) is 26.2 Å². The van der Waals surface area contributed by atoms with Crippen molar-refractivity contribution in [1.29, 1.82) is 0 Å². The predicted octanol–water partition coefficient (Wildman–Crippen LogP) is 2.24. The average Bonchev–Trinajstić information content (AvgIpc) is 2.92. The first-order chi connectivity index (χ1) is 9.58. The van der Waals surface area contributed by atoms with Crippen LogP contribution in [0.4, 0.5) is 0 Å². The van der Waals surface area contributed by atoms with Crippen LogP contribution in [0.5, 0.6) is 0 Å². The lowest BCUT2D eigenvalue weighted by atomic mass is 10.2. The lowest BCUT2D eigenvalue weighted by Gasteiger charge is -2.22. The Morgan fingerprint density at radius 3 is 2.65 bits per heavy atom. The van der Waals surface area contributed by atoms with Crippen molar-refractivity contribution in [3.63, 3.8) is 0 Å². The molecule has 0 bridgehead atoms. The lowest BCUT2D eigenvalue weighted by molar-refractivity contribution is 0.265. The molecule has 0 aliphatic heterocycles. The number of furan rings is 1. The highest BCUT2D eigenvalue weighted by atomic mass is 16.3. The lowest BCUT2D eigenvalue weighted by Crippen LogP contribution is -2.42. The molecule has 0 amide bonds. The molecule has 0 aliphatic carbocycles. The van der Waals surface area contributed by atoms with Crippen LogP contribution < -0.4 is 10.6 Å². The van der Waals surface area contributed by atoms with Gasteiger partial charge in [-0.15, -0.1) is 0 Å². The molecule has 1 aromatic heterocycles. The predicted molar refractivity (Wildman–Crippen MR) is 84.0 cm³/mol. The Hall–Kier alpha value is -1.49. The second kappa shape index (κ2) is 8.64. The van der Waals surface area contributed by atoms with Gasteiger partial charge >= 0.3 is 0 Å². The Morgan fingerprint density at radius 1 is 1.40 bits per heavy atom. The Labute approximate surface area is 122 Å². The minimum absolute atomic E-state index is 0.150. The SMILES string of the molecule is CCNC(=NCC(c1ccco1)N(C)C)NC(C)CC. The number of rotatable bonds is 7. The molecule has 5 nitrogen and oxygen atoms in total. The molecular weight excluding hydrogens is 252 g/mol. The molecule has 5 heteroatoms. The van der Waals surface area contributed by atoms with Gasteiger partial charge in [0.15, 0.2) is 5.96 Å². The third-order valence-electron chi connectivity index (χ3n) is 3.26. The van der Waals surface area contributed by atoms with Gasteiger partial charge < -0.3 is 15.1 Å². The number of likely N-dealkylation sites (N-methyl/N-ethyl adjacent to an activating group) is 1. The number of guanidine groups is 1. The first-order valence-corrected chi connectivity index (χ1v) is 7.33. The van der Waals surface area contributed by atoms with Crippen molar-refractivity contribution in [2.24, 2.45) is 4.99 Å². The molecule has 0 radical (unpaired) electrons. The number of hydrogen-bond donors (Lipinski definition) is 2. The first-order valence-electron chi connectivity index (χ1n) is 7.33. The molecule has 2 unspecified atom stereocenters. The van der Waals surface area contributed by atoms with Crippen LogP contribution in [0.2, 0.25) is 0 Å². The van der Waals surface area contributed by atoms with Gasteiger partial charge in [0.25, 0.3) is 0 Å². The van der Waals surface area contributed by atoms with Crippen molar-refractivity contribution >= 4 is 5.96 Å². The largest absolute Gasteiger partial charge is 0.468 e. The van der Waals surface area contributed by atoms with E-state index in [0.717, 1.165) is 24.7 Å². The molecule has 114 valence electrons. The molecule has 1 rings (SSSR count). The summed E-state index contributed by atoms with van der Waals surface area (Å²) in [7, 11) is 4.08. The van der Waals surface area contributed by atoms with Gasteiger partial charge in [-0.25, -0.2) is 0 Å².